The fraction of sp³-hybridized carbons (Fsp3) is 0. The molecule has 0 bridgehead atoms. The first-order valence-electron chi connectivity index (χ1n) is 2.45. The summed E-state index contributed by atoms with van der Waals surface area (Å²) in [5.41, 5.74) is 5.73. The third kappa shape index (κ3) is 1.99. The second-order valence-electron chi connectivity index (χ2n) is 1.55. The van der Waals surface area contributed by atoms with Crippen molar-refractivity contribution in [2.75, 3.05) is 0 Å². The molecule has 10 heavy (non-hydrogen) atoms. The molecule has 0 fully saturated rings. The van der Waals surface area contributed by atoms with Crippen LogP contribution in [0.5, 0.6) is 0 Å². The average molecular weight is 159 g/mol. The lowest BCUT2D eigenvalue weighted by molar-refractivity contribution is -0.114. The first-order chi connectivity index (χ1) is 4.30. The third-order valence-corrected chi connectivity index (χ3v) is 0.859. The Bertz CT molecular complexity index is 210. The van der Waals surface area contributed by atoms with Crippen molar-refractivity contribution in [3.8, 4) is 0 Å². The molecule has 0 unspecified atom stereocenters. The summed E-state index contributed by atoms with van der Waals surface area (Å²) in [4.78, 5) is 7.59. The van der Waals surface area contributed by atoms with Crippen LogP contribution >= 0.6 is 0 Å². The van der Waals surface area contributed by atoms with E-state index in [1.165, 1.54) is 12.4 Å². The van der Waals surface area contributed by atoms with E-state index < -0.39 is 0 Å². The zero-order valence-corrected chi connectivity index (χ0v) is 5.92. The van der Waals surface area contributed by atoms with Crippen LogP contribution in [0, 0.1) is 0 Å². The van der Waals surface area contributed by atoms with Gasteiger partial charge in [0, 0.05) is 12.4 Å². The second-order valence-corrected chi connectivity index (χ2v) is 1.55. The Morgan fingerprint density at radius 2 is 2.20 bits per heavy atom. The van der Waals surface area contributed by atoms with Crippen LogP contribution in [-0.4, -0.2) is 15.8 Å². The molecule has 4 nitrogen and oxygen atoms in total. The molecular weight excluding hydrogens is 152 g/mol. The third-order valence-electron chi connectivity index (χ3n) is 0.859. The number of nitrogens with two attached hydrogens (primary N) is 2. The van der Waals surface area contributed by atoms with Gasteiger partial charge in [-0.15, -0.1) is 0 Å². The van der Waals surface area contributed by atoms with Crippen LogP contribution in [0.4, 0.5) is 0 Å². The number of aromatic nitrogens is 2. The van der Waals surface area contributed by atoms with E-state index in [1.807, 2.05) is 0 Å². The highest BCUT2D eigenvalue weighted by Crippen LogP contribution is 1.82. The van der Waals surface area contributed by atoms with Crippen LogP contribution in [0.1, 0.15) is 5.69 Å². The van der Waals surface area contributed by atoms with E-state index in [9.17, 15) is 0 Å². The van der Waals surface area contributed by atoms with Crippen LogP contribution in [0.25, 0.3) is 0 Å². The molecule has 0 aromatic carbocycles. The lowest BCUT2D eigenvalue weighted by Gasteiger charge is -1.86. The van der Waals surface area contributed by atoms with E-state index in [4.69, 9.17) is 11.1 Å². The van der Waals surface area contributed by atoms with Gasteiger partial charge < -0.3 is 12.4 Å². The van der Waals surface area contributed by atoms with Gasteiger partial charge in [-0.3, -0.25) is 16.1 Å². The molecule has 0 radical (unpaired) electrons. The Labute approximate surface area is 64.4 Å². The van der Waals surface area contributed by atoms with Gasteiger partial charge in [0.05, 0.1) is 6.20 Å². The van der Waals surface area contributed by atoms with E-state index in [0.717, 1.165) is 0 Å². The highest BCUT2D eigenvalue weighted by Gasteiger charge is 1.99. The molecule has 54 valence electrons. The van der Waals surface area contributed by atoms with Crippen molar-refractivity contribution in [1.82, 2.24) is 9.97 Å². The predicted molar refractivity (Wildman–Crippen MR) is 32.3 cm³/mol. The number of halogens is 1. The fourth-order valence-electron chi connectivity index (χ4n) is 0.448. The van der Waals surface area contributed by atoms with Gasteiger partial charge in [0.1, 0.15) is 0 Å². The summed E-state index contributed by atoms with van der Waals surface area (Å²) < 4.78 is 0. The Morgan fingerprint density at radius 3 is 2.50 bits per heavy atom. The van der Waals surface area contributed by atoms with Gasteiger partial charge in [0.25, 0.3) is 5.84 Å². The number of nitrogens with zero attached hydrogens (tertiary/aromatic N) is 2. The van der Waals surface area contributed by atoms with Crippen molar-refractivity contribution in [3.63, 3.8) is 0 Å². The Balaban J connectivity index is 0.000000810. The molecule has 0 aliphatic carbocycles. The molecule has 4 N–H and O–H groups in total. The number of hydrogen-bond donors (Lipinski definition) is 2. The molecule has 0 aliphatic heterocycles. The number of rotatable bonds is 1. The number of amidine groups is 1. The van der Waals surface area contributed by atoms with E-state index in [0.29, 0.717) is 5.69 Å². The molecule has 0 amide bonds. The smallest absolute Gasteiger partial charge is 0.291 e. The Morgan fingerprint density at radius 1 is 1.50 bits per heavy atom. The molecule has 1 aromatic rings. The summed E-state index contributed by atoms with van der Waals surface area (Å²) in [6.45, 7) is 0. The summed E-state index contributed by atoms with van der Waals surface area (Å²) in [5.74, 6) is 0.197. The van der Waals surface area contributed by atoms with Gasteiger partial charge in [-0.1, -0.05) is 0 Å². The van der Waals surface area contributed by atoms with E-state index in [-0.39, 0.29) is 18.2 Å². The first kappa shape index (κ1) is 8.84. The van der Waals surface area contributed by atoms with Crippen LogP contribution in [0.3, 0.4) is 0 Å². The second kappa shape index (κ2) is 3.79. The molecule has 1 aromatic heterocycles. The monoisotopic (exact) mass is 158 g/mol. The zero-order chi connectivity index (χ0) is 6.69. The highest BCUT2D eigenvalue weighted by atomic mass is 35.5. The van der Waals surface area contributed by atoms with Crippen molar-refractivity contribution < 1.29 is 17.8 Å². The van der Waals surface area contributed by atoms with Gasteiger partial charge in [0.2, 0.25) is 0 Å². The molecule has 0 aliphatic rings. The number of hydrogen-bond acceptors (Lipinski definition) is 2. The van der Waals surface area contributed by atoms with Gasteiger partial charge in [-0.25, -0.2) is 4.98 Å². The van der Waals surface area contributed by atoms with E-state index in [1.54, 1.807) is 6.20 Å². The SMILES string of the molecule is NC(=[NH2+])c1cnccn1.[Cl-]. The van der Waals surface area contributed by atoms with Crippen LogP contribution in [0.15, 0.2) is 18.6 Å². The summed E-state index contributed by atoms with van der Waals surface area (Å²) in [5, 5.41) is 5.21. The maximum absolute atomic E-state index is 5.21. The van der Waals surface area contributed by atoms with Crippen LogP contribution in [-0.2, 0) is 0 Å². The van der Waals surface area contributed by atoms with Crippen molar-refractivity contribution >= 4 is 5.84 Å². The highest BCUT2D eigenvalue weighted by molar-refractivity contribution is 5.89. The lowest BCUT2D eigenvalue weighted by Crippen LogP contribution is -3.00. The van der Waals surface area contributed by atoms with E-state index in [2.05, 4.69) is 9.97 Å². The van der Waals surface area contributed by atoms with E-state index >= 15 is 0 Å². The van der Waals surface area contributed by atoms with Crippen LogP contribution in [0.2, 0.25) is 0 Å². The maximum atomic E-state index is 5.21. The fourth-order valence-corrected chi connectivity index (χ4v) is 0.448. The molecule has 0 saturated carbocycles. The summed E-state index contributed by atoms with van der Waals surface area (Å²) in [7, 11) is 0. The topological polar surface area (TPSA) is 77.4 Å². The quantitative estimate of drug-likeness (QED) is 0.317. The average Bonchev–Trinajstić information content (AvgIpc) is 1.90. The van der Waals surface area contributed by atoms with Crippen molar-refractivity contribution in [2.45, 2.75) is 0 Å². The van der Waals surface area contributed by atoms with Crippen molar-refractivity contribution in [3.05, 3.63) is 24.3 Å². The molecule has 0 spiro atoms. The first-order valence-corrected chi connectivity index (χ1v) is 2.45. The standard InChI is InChI=1S/C5H6N4.ClH/c6-5(7)4-3-8-1-2-9-4;/h1-3H,(H3,6,7);1H. The normalized spacial score (nSPS) is 8.00. The molecular formula is C5H7ClN4. The lowest BCUT2D eigenvalue weighted by atomic mass is 10.4. The Hall–Kier alpha value is -1.16. The molecule has 0 atom stereocenters. The van der Waals surface area contributed by atoms with Gasteiger partial charge in [-0.05, 0) is 0 Å². The van der Waals surface area contributed by atoms with Crippen LogP contribution < -0.4 is 23.5 Å². The van der Waals surface area contributed by atoms with Crippen molar-refractivity contribution in [2.24, 2.45) is 5.73 Å². The Kier molecular flexibility index (Phi) is 3.35. The minimum Gasteiger partial charge on any atom is -1.00 e. The minimum atomic E-state index is 0. The molecule has 1 rings (SSSR count). The predicted octanol–water partition coefficient (Wildman–Crippen LogP) is -5.05. The summed E-state index contributed by atoms with van der Waals surface area (Å²) in [6, 6.07) is 0. The minimum absolute atomic E-state index is 0. The molecule has 5 heteroatoms. The maximum Gasteiger partial charge on any atom is 0.291 e. The largest absolute Gasteiger partial charge is 1.00 e. The molecule has 0 saturated heterocycles. The van der Waals surface area contributed by atoms with Gasteiger partial charge in [-0.2, -0.15) is 0 Å². The zero-order valence-electron chi connectivity index (χ0n) is 5.16. The summed E-state index contributed by atoms with van der Waals surface area (Å²) >= 11 is 0. The summed E-state index contributed by atoms with van der Waals surface area (Å²) in [6.07, 6.45) is 4.61. The van der Waals surface area contributed by atoms with Gasteiger partial charge in [0.15, 0.2) is 5.69 Å². The molecule has 1 heterocycles. The van der Waals surface area contributed by atoms with Gasteiger partial charge >= 0.3 is 0 Å². The van der Waals surface area contributed by atoms with Crippen molar-refractivity contribution in [1.29, 1.82) is 0 Å².